The maximum atomic E-state index is 13.5. The van der Waals surface area contributed by atoms with Crippen molar-refractivity contribution in [3.05, 3.63) is 35.9 Å². The third-order valence-corrected chi connectivity index (χ3v) is 8.38. The molecule has 3 aliphatic rings. The summed E-state index contributed by atoms with van der Waals surface area (Å²) in [7, 11) is 4.34. The van der Waals surface area contributed by atoms with Gasteiger partial charge in [0.15, 0.2) is 5.78 Å². The number of rotatable bonds is 9. The number of carbonyl (C=O) groups excluding carboxylic acids is 2. The summed E-state index contributed by atoms with van der Waals surface area (Å²) in [5.74, 6) is 0.659. The quantitative estimate of drug-likeness (QED) is 0.636. The van der Waals surface area contributed by atoms with E-state index in [-0.39, 0.29) is 36.0 Å². The highest BCUT2D eigenvalue weighted by Crippen LogP contribution is 2.49. The Morgan fingerprint density at radius 3 is 2.38 bits per heavy atom. The minimum Gasteiger partial charge on any atom is -0.396 e. The van der Waals surface area contributed by atoms with E-state index < -0.39 is 0 Å². The molecule has 4 rings (SSSR count). The van der Waals surface area contributed by atoms with Crippen molar-refractivity contribution in [2.24, 2.45) is 5.92 Å². The fraction of sp³-hybridized carbons (Fsp3) is 0.692. The van der Waals surface area contributed by atoms with Crippen LogP contribution >= 0.6 is 0 Å². The van der Waals surface area contributed by atoms with Crippen molar-refractivity contribution in [1.82, 2.24) is 14.7 Å². The van der Waals surface area contributed by atoms with Crippen LogP contribution in [0.2, 0.25) is 0 Å². The van der Waals surface area contributed by atoms with Gasteiger partial charge in [0.05, 0.1) is 12.1 Å². The van der Waals surface area contributed by atoms with Crippen LogP contribution in [0.15, 0.2) is 30.3 Å². The summed E-state index contributed by atoms with van der Waals surface area (Å²) in [6.45, 7) is 1.69. The van der Waals surface area contributed by atoms with E-state index in [9.17, 15) is 9.59 Å². The summed E-state index contributed by atoms with van der Waals surface area (Å²) in [4.78, 5) is 32.2. The van der Waals surface area contributed by atoms with Gasteiger partial charge >= 0.3 is 6.03 Å². The molecule has 0 unspecified atom stereocenters. The van der Waals surface area contributed by atoms with E-state index in [1.807, 2.05) is 0 Å². The highest BCUT2D eigenvalue weighted by Gasteiger charge is 2.55. The first-order valence-corrected chi connectivity index (χ1v) is 12.3. The zero-order valence-electron chi connectivity index (χ0n) is 19.8. The lowest BCUT2D eigenvalue weighted by Gasteiger charge is -2.51. The molecule has 0 atom stereocenters. The monoisotopic (exact) mass is 441 g/mol. The molecule has 1 N–H and O–H groups in total. The molecule has 176 valence electrons. The number of aliphatic hydroxyl groups is 1. The van der Waals surface area contributed by atoms with E-state index in [2.05, 4.69) is 54.2 Å². The second-order valence-corrected chi connectivity index (χ2v) is 10.4. The van der Waals surface area contributed by atoms with Crippen LogP contribution in [0.3, 0.4) is 0 Å². The minimum absolute atomic E-state index is 0.0118. The van der Waals surface area contributed by atoms with E-state index in [0.29, 0.717) is 25.3 Å². The number of hydrogen-bond donors (Lipinski definition) is 1. The second-order valence-electron chi connectivity index (χ2n) is 10.4. The van der Waals surface area contributed by atoms with Crippen LogP contribution < -0.4 is 0 Å². The number of Topliss-reactive ketones (excluding diaryl/α,β-unsaturated/α-hetero) is 1. The Balaban J connectivity index is 1.54. The summed E-state index contributed by atoms with van der Waals surface area (Å²) < 4.78 is 0. The molecule has 1 aliphatic heterocycles. The molecule has 1 heterocycles. The number of amides is 2. The van der Waals surface area contributed by atoms with Gasteiger partial charge in [0.2, 0.25) is 0 Å². The summed E-state index contributed by atoms with van der Waals surface area (Å²) in [5, 5.41) is 9.04. The Morgan fingerprint density at radius 2 is 1.81 bits per heavy atom. The van der Waals surface area contributed by atoms with E-state index in [0.717, 1.165) is 32.2 Å². The van der Waals surface area contributed by atoms with Gasteiger partial charge in [-0.3, -0.25) is 9.69 Å². The molecule has 2 saturated carbocycles. The number of urea groups is 1. The third-order valence-electron chi connectivity index (χ3n) is 8.38. The number of aliphatic hydroxyl groups excluding tert-OH is 1. The van der Waals surface area contributed by atoms with Crippen LogP contribution in [0.1, 0.15) is 63.4 Å². The molecule has 3 fully saturated rings. The smallest absolute Gasteiger partial charge is 0.321 e. The molecule has 0 aromatic heterocycles. The summed E-state index contributed by atoms with van der Waals surface area (Å²) in [6.07, 6.45) is 8.42. The normalized spacial score (nSPS) is 28.6. The first kappa shape index (κ1) is 23.2. The summed E-state index contributed by atoms with van der Waals surface area (Å²) in [6, 6.07) is 10.8. The molecule has 6 heteroatoms. The number of nitrogens with zero attached hydrogens (tertiary/aromatic N) is 3. The highest BCUT2D eigenvalue weighted by atomic mass is 16.3. The molecule has 0 bridgehead atoms. The van der Waals surface area contributed by atoms with E-state index >= 15 is 0 Å². The summed E-state index contributed by atoms with van der Waals surface area (Å²) in [5.41, 5.74) is 1.17. The molecule has 2 amide bonds. The van der Waals surface area contributed by atoms with E-state index in [4.69, 9.17) is 5.11 Å². The molecule has 6 nitrogen and oxygen atoms in total. The topological polar surface area (TPSA) is 64.1 Å². The molecular weight excluding hydrogens is 402 g/mol. The van der Waals surface area contributed by atoms with E-state index in [1.54, 1.807) is 4.90 Å². The Labute approximate surface area is 192 Å². The van der Waals surface area contributed by atoms with Gasteiger partial charge in [0.1, 0.15) is 0 Å². The first-order chi connectivity index (χ1) is 15.4. The lowest BCUT2D eigenvalue weighted by atomic mass is 9.68. The van der Waals surface area contributed by atoms with Crippen molar-refractivity contribution in [3.8, 4) is 0 Å². The minimum atomic E-state index is -0.168. The van der Waals surface area contributed by atoms with Gasteiger partial charge in [0, 0.05) is 31.7 Å². The van der Waals surface area contributed by atoms with Crippen LogP contribution in [0.4, 0.5) is 4.79 Å². The first-order valence-electron chi connectivity index (χ1n) is 12.3. The largest absolute Gasteiger partial charge is 0.396 e. The molecule has 0 radical (unpaired) electrons. The van der Waals surface area contributed by atoms with Gasteiger partial charge in [-0.1, -0.05) is 36.8 Å². The van der Waals surface area contributed by atoms with Crippen LogP contribution in [0, 0.1) is 5.92 Å². The van der Waals surface area contributed by atoms with Gasteiger partial charge in [-0.2, -0.15) is 0 Å². The Kier molecular flexibility index (Phi) is 6.91. The van der Waals surface area contributed by atoms with E-state index in [1.165, 1.54) is 24.8 Å². The number of ketones is 1. The van der Waals surface area contributed by atoms with Gasteiger partial charge in [-0.05, 0) is 70.5 Å². The molecule has 1 aromatic carbocycles. The fourth-order valence-electron chi connectivity index (χ4n) is 6.08. The van der Waals surface area contributed by atoms with Crippen molar-refractivity contribution in [3.63, 3.8) is 0 Å². The second kappa shape index (κ2) is 9.52. The SMILES string of the molecule is CN(C)C1(c2ccccc2)CCC2(CC1)CN(CC(=O)CCCO)C(=O)N2CC1CCC1. The molecular formula is C26H39N3O3. The van der Waals surface area contributed by atoms with Crippen LogP contribution in [-0.4, -0.2) is 77.5 Å². The standard InChI is InChI=1S/C26H39N3O3/c1-27(2)26(22-10-4-3-5-11-22)15-13-25(14-16-26)20-28(19-23(31)12-7-17-30)24(32)29(25)18-21-8-6-9-21/h3-5,10-11,21,30H,6-9,12-20H2,1-2H3. The zero-order valence-corrected chi connectivity index (χ0v) is 19.8. The zero-order chi connectivity index (χ0) is 22.8. The van der Waals surface area contributed by atoms with Gasteiger partial charge in [-0.15, -0.1) is 0 Å². The number of hydrogen-bond acceptors (Lipinski definition) is 4. The number of carbonyl (C=O) groups is 2. The van der Waals surface area contributed by atoms with Crippen molar-refractivity contribution in [1.29, 1.82) is 0 Å². The molecule has 32 heavy (non-hydrogen) atoms. The lowest BCUT2D eigenvalue weighted by Crippen LogP contribution is -2.56. The van der Waals surface area contributed by atoms with Crippen LogP contribution in [0.25, 0.3) is 0 Å². The summed E-state index contributed by atoms with van der Waals surface area (Å²) >= 11 is 0. The fourth-order valence-corrected chi connectivity index (χ4v) is 6.08. The van der Waals surface area contributed by atoms with Crippen molar-refractivity contribution in [2.45, 2.75) is 68.9 Å². The predicted molar refractivity (Wildman–Crippen MR) is 125 cm³/mol. The van der Waals surface area contributed by atoms with Crippen molar-refractivity contribution in [2.75, 3.05) is 40.3 Å². The number of benzene rings is 1. The van der Waals surface area contributed by atoms with Crippen molar-refractivity contribution >= 4 is 11.8 Å². The van der Waals surface area contributed by atoms with Gasteiger partial charge in [-0.25, -0.2) is 4.79 Å². The van der Waals surface area contributed by atoms with Gasteiger partial charge < -0.3 is 14.9 Å². The molecule has 1 aromatic rings. The van der Waals surface area contributed by atoms with Crippen LogP contribution in [0.5, 0.6) is 0 Å². The van der Waals surface area contributed by atoms with Crippen LogP contribution in [-0.2, 0) is 10.3 Å². The average molecular weight is 442 g/mol. The Bertz CT molecular complexity index is 798. The maximum Gasteiger partial charge on any atom is 0.321 e. The molecule has 1 saturated heterocycles. The highest BCUT2D eigenvalue weighted by molar-refractivity contribution is 5.87. The molecule has 1 spiro atoms. The Morgan fingerprint density at radius 1 is 1.12 bits per heavy atom. The lowest BCUT2D eigenvalue weighted by molar-refractivity contribution is -0.119. The van der Waals surface area contributed by atoms with Crippen molar-refractivity contribution < 1.29 is 14.7 Å². The Hall–Kier alpha value is -1.92. The molecule has 2 aliphatic carbocycles. The maximum absolute atomic E-state index is 13.5. The third kappa shape index (κ3) is 4.32. The average Bonchev–Trinajstić information content (AvgIpc) is 3.00. The predicted octanol–water partition coefficient (Wildman–Crippen LogP) is 3.64. The van der Waals surface area contributed by atoms with Gasteiger partial charge in [0.25, 0.3) is 0 Å².